The van der Waals surface area contributed by atoms with Crippen LogP contribution < -0.4 is 14.8 Å². The first-order chi connectivity index (χ1) is 19.0. The second kappa shape index (κ2) is 16.0. The van der Waals surface area contributed by atoms with Crippen LogP contribution in [0.5, 0.6) is 11.5 Å². The molecule has 0 aliphatic rings. The Hall–Kier alpha value is -4.28. The van der Waals surface area contributed by atoms with E-state index >= 15 is 0 Å². The minimum Gasteiger partial charge on any atom is -0.478 e. The molecule has 0 spiro atoms. The highest BCUT2D eigenvalue weighted by atomic mass is 16.6. The van der Waals surface area contributed by atoms with Gasteiger partial charge in [0, 0.05) is 6.42 Å². The molecule has 0 saturated heterocycles. The molecule has 11 nitrogen and oxygen atoms in total. The minimum absolute atomic E-state index is 0.000782. The molecule has 0 bridgehead atoms. The van der Waals surface area contributed by atoms with E-state index in [0.717, 1.165) is 5.56 Å². The molecule has 0 saturated carbocycles. The molecule has 0 radical (unpaired) electrons. The van der Waals surface area contributed by atoms with Gasteiger partial charge in [0.15, 0.2) is 24.7 Å². The SMILES string of the molecule is CCOC(=O)COc1ccc(CC(NC(=O)OC(C)(C)C)C(=O)OCc2ccccc2)cc1OCC(=O)OCC. The standard InChI is InChI=1S/C29H37NO10/c1-6-35-25(31)18-37-23-14-13-21(16-24(23)38-19-26(32)36-7-2)15-22(30-28(34)40-29(3,4)5)27(33)39-17-20-11-9-8-10-12-20/h8-14,16,22H,6-7,15,17-19H2,1-5H3,(H,30,34). The number of hydrogen-bond acceptors (Lipinski definition) is 10. The maximum atomic E-state index is 13.0. The van der Waals surface area contributed by atoms with Gasteiger partial charge >= 0.3 is 24.0 Å². The summed E-state index contributed by atoms with van der Waals surface area (Å²) in [6.45, 7) is 8.06. The van der Waals surface area contributed by atoms with E-state index in [-0.39, 0.29) is 44.3 Å². The van der Waals surface area contributed by atoms with E-state index in [4.69, 9.17) is 28.4 Å². The Balaban J connectivity index is 2.25. The third-order valence-electron chi connectivity index (χ3n) is 4.95. The van der Waals surface area contributed by atoms with Crippen molar-refractivity contribution in [3.05, 3.63) is 59.7 Å². The van der Waals surface area contributed by atoms with Gasteiger partial charge in [0.1, 0.15) is 18.2 Å². The Morgan fingerprint density at radius 1 is 0.775 bits per heavy atom. The molecule has 0 fully saturated rings. The summed E-state index contributed by atoms with van der Waals surface area (Å²) in [6.07, 6.45) is -0.789. The smallest absolute Gasteiger partial charge is 0.408 e. The lowest BCUT2D eigenvalue weighted by molar-refractivity contribution is -0.147. The molecule has 2 rings (SSSR count). The van der Waals surface area contributed by atoms with Crippen molar-refractivity contribution in [1.82, 2.24) is 5.32 Å². The monoisotopic (exact) mass is 559 g/mol. The van der Waals surface area contributed by atoms with Crippen LogP contribution in [0.25, 0.3) is 0 Å². The fourth-order valence-corrected chi connectivity index (χ4v) is 3.30. The fourth-order valence-electron chi connectivity index (χ4n) is 3.30. The van der Waals surface area contributed by atoms with E-state index in [9.17, 15) is 19.2 Å². The van der Waals surface area contributed by atoms with Gasteiger partial charge in [0.05, 0.1) is 13.2 Å². The highest BCUT2D eigenvalue weighted by molar-refractivity contribution is 5.82. The predicted octanol–water partition coefficient (Wildman–Crippen LogP) is 3.75. The van der Waals surface area contributed by atoms with Gasteiger partial charge in [-0.15, -0.1) is 0 Å². The lowest BCUT2D eigenvalue weighted by Crippen LogP contribution is -2.45. The zero-order valence-corrected chi connectivity index (χ0v) is 23.5. The van der Waals surface area contributed by atoms with Crippen LogP contribution >= 0.6 is 0 Å². The average molecular weight is 560 g/mol. The van der Waals surface area contributed by atoms with Crippen LogP contribution in [0.3, 0.4) is 0 Å². The average Bonchev–Trinajstić information content (AvgIpc) is 2.89. The number of hydrogen-bond donors (Lipinski definition) is 1. The van der Waals surface area contributed by atoms with Crippen molar-refractivity contribution in [3.63, 3.8) is 0 Å². The van der Waals surface area contributed by atoms with Gasteiger partial charge in [-0.3, -0.25) is 0 Å². The van der Waals surface area contributed by atoms with Crippen molar-refractivity contribution in [2.24, 2.45) is 0 Å². The normalized spacial score (nSPS) is 11.5. The Bertz CT molecular complexity index is 1130. The summed E-state index contributed by atoms with van der Waals surface area (Å²) in [6, 6.07) is 12.7. The molecule has 0 aliphatic heterocycles. The molecular formula is C29H37NO10. The first kappa shape index (κ1) is 31.9. The number of esters is 3. The molecular weight excluding hydrogens is 522 g/mol. The van der Waals surface area contributed by atoms with Gasteiger partial charge in [-0.2, -0.15) is 0 Å². The van der Waals surface area contributed by atoms with E-state index in [1.54, 1.807) is 40.7 Å². The van der Waals surface area contributed by atoms with E-state index in [2.05, 4.69) is 5.32 Å². The Morgan fingerprint density at radius 3 is 1.95 bits per heavy atom. The highest BCUT2D eigenvalue weighted by Crippen LogP contribution is 2.29. The number of benzene rings is 2. The van der Waals surface area contributed by atoms with E-state index in [0.29, 0.717) is 5.56 Å². The third-order valence-corrected chi connectivity index (χ3v) is 4.95. The molecule has 40 heavy (non-hydrogen) atoms. The van der Waals surface area contributed by atoms with E-state index in [1.165, 1.54) is 12.1 Å². The maximum absolute atomic E-state index is 13.0. The predicted molar refractivity (Wildman–Crippen MR) is 144 cm³/mol. The van der Waals surface area contributed by atoms with Crippen LogP contribution in [-0.4, -0.2) is 62.1 Å². The molecule has 1 amide bonds. The molecule has 0 aromatic heterocycles. The lowest BCUT2D eigenvalue weighted by atomic mass is 10.1. The molecule has 11 heteroatoms. The van der Waals surface area contributed by atoms with Gasteiger partial charge in [-0.05, 0) is 57.9 Å². The second-order valence-corrected chi connectivity index (χ2v) is 9.46. The summed E-state index contributed by atoms with van der Waals surface area (Å²) in [4.78, 5) is 49.2. The van der Waals surface area contributed by atoms with Crippen LogP contribution in [0.2, 0.25) is 0 Å². The maximum Gasteiger partial charge on any atom is 0.408 e. The molecule has 0 aliphatic carbocycles. The number of carbonyl (C=O) groups is 4. The van der Waals surface area contributed by atoms with Crippen molar-refractivity contribution in [2.45, 2.75) is 59.3 Å². The van der Waals surface area contributed by atoms with Gasteiger partial charge in [0.2, 0.25) is 0 Å². The van der Waals surface area contributed by atoms with Crippen molar-refractivity contribution < 1.29 is 47.6 Å². The molecule has 0 heterocycles. The Kier molecular flexibility index (Phi) is 12.7. The van der Waals surface area contributed by atoms with Crippen LogP contribution in [0.4, 0.5) is 4.79 Å². The summed E-state index contributed by atoms with van der Waals surface area (Å²) in [7, 11) is 0. The molecule has 218 valence electrons. The first-order valence-electron chi connectivity index (χ1n) is 12.9. The largest absolute Gasteiger partial charge is 0.478 e. The summed E-state index contributed by atoms with van der Waals surface area (Å²) in [5.41, 5.74) is 0.541. The fraction of sp³-hybridized carbons (Fsp3) is 0.448. The molecule has 1 unspecified atom stereocenters. The van der Waals surface area contributed by atoms with Crippen molar-refractivity contribution in [1.29, 1.82) is 0 Å². The number of carbonyl (C=O) groups excluding carboxylic acids is 4. The van der Waals surface area contributed by atoms with Gasteiger partial charge < -0.3 is 33.7 Å². The summed E-state index contributed by atoms with van der Waals surface area (Å²) in [5, 5.41) is 2.57. The van der Waals surface area contributed by atoms with Crippen molar-refractivity contribution >= 4 is 24.0 Å². The van der Waals surface area contributed by atoms with Gasteiger partial charge in [-0.25, -0.2) is 19.2 Å². The van der Waals surface area contributed by atoms with Crippen LogP contribution in [0, 0.1) is 0 Å². The molecule has 1 atom stereocenters. The second-order valence-electron chi connectivity index (χ2n) is 9.46. The summed E-state index contributed by atoms with van der Waals surface area (Å²) in [5.74, 6) is -1.55. The quantitative estimate of drug-likeness (QED) is 0.269. The van der Waals surface area contributed by atoms with Crippen LogP contribution in [0.15, 0.2) is 48.5 Å². The van der Waals surface area contributed by atoms with Crippen LogP contribution in [0.1, 0.15) is 45.7 Å². The topological polar surface area (TPSA) is 136 Å². The highest BCUT2D eigenvalue weighted by Gasteiger charge is 2.27. The minimum atomic E-state index is -1.11. The third kappa shape index (κ3) is 12.1. The first-order valence-corrected chi connectivity index (χ1v) is 12.9. The number of nitrogens with one attached hydrogen (secondary N) is 1. The number of amides is 1. The molecule has 2 aromatic rings. The summed E-state index contributed by atoms with van der Waals surface area (Å²) >= 11 is 0. The lowest BCUT2D eigenvalue weighted by Gasteiger charge is -2.23. The summed E-state index contributed by atoms with van der Waals surface area (Å²) < 4.78 is 31.7. The molecule has 2 aromatic carbocycles. The van der Waals surface area contributed by atoms with Crippen molar-refractivity contribution in [2.75, 3.05) is 26.4 Å². The van der Waals surface area contributed by atoms with E-state index in [1.807, 2.05) is 30.3 Å². The van der Waals surface area contributed by atoms with Gasteiger partial charge in [-0.1, -0.05) is 36.4 Å². The molecule has 1 N–H and O–H groups in total. The van der Waals surface area contributed by atoms with Crippen molar-refractivity contribution in [3.8, 4) is 11.5 Å². The van der Waals surface area contributed by atoms with Gasteiger partial charge in [0.25, 0.3) is 0 Å². The number of rotatable bonds is 14. The number of alkyl carbamates (subject to hydrolysis) is 1. The Morgan fingerprint density at radius 2 is 1.38 bits per heavy atom. The zero-order chi connectivity index (χ0) is 29.5. The van der Waals surface area contributed by atoms with E-state index < -0.39 is 42.3 Å². The zero-order valence-electron chi connectivity index (χ0n) is 23.5. The Labute approximate surface area is 234 Å². The number of ether oxygens (including phenoxy) is 6. The van der Waals surface area contributed by atoms with Crippen LogP contribution in [-0.2, 0) is 46.4 Å².